The molecule has 5 nitrogen and oxygen atoms in total. The Labute approximate surface area is 117 Å². The van der Waals surface area contributed by atoms with Crippen LogP contribution in [0, 0.1) is 5.92 Å². The van der Waals surface area contributed by atoms with E-state index in [1.165, 1.54) is 0 Å². The number of hydrogen-bond acceptors (Lipinski definition) is 4. The number of Topliss-reactive ketones (excluding diaryl/α,β-unsaturated/α-hetero) is 1. The smallest absolute Gasteiger partial charge is 0.318 e. The number of amides is 1. The predicted molar refractivity (Wildman–Crippen MR) is 74.1 cm³/mol. The van der Waals surface area contributed by atoms with Crippen LogP contribution in [0.3, 0.4) is 0 Å². The van der Waals surface area contributed by atoms with Crippen molar-refractivity contribution in [1.29, 1.82) is 0 Å². The average Bonchev–Trinajstić information content (AvgIpc) is 2.48. The van der Waals surface area contributed by atoms with Gasteiger partial charge in [-0.05, 0) is 13.0 Å². The first-order valence-corrected chi connectivity index (χ1v) is 6.26. The van der Waals surface area contributed by atoms with Gasteiger partial charge in [0, 0.05) is 12.1 Å². The maximum atomic E-state index is 12.3. The molecule has 0 heterocycles. The highest BCUT2D eigenvalue weighted by molar-refractivity contribution is 6.09. The van der Waals surface area contributed by atoms with Crippen molar-refractivity contribution < 1.29 is 19.1 Å². The van der Waals surface area contributed by atoms with Gasteiger partial charge in [0.25, 0.3) is 0 Å². The lowest BCUT2D eigenvalue weighted by atomic mass is 9.97. The summed E-state index contributed by atoms with van der Waals surface area (Å²) in [5.41, 5.74) is 0.401. The quantitative estimate of drug-likeness (QED) is 0.353. The second-order valence-electron chi connectivity index (χ2n) is 3.98. The van der Waals surface area contributed by atoms with E-state index in [4.69, 9.17) is 4.74 Å². The van der Waals surface area contributed by atoms with Gasteiger partial charge in [-0.3, -0.25) is 14.4 Å². The first kappa shape index (κ1) is 15.6. The van der Waals surface area contributed by atoms with Crippen LogP contribution in [0.4, 0.5) is 0 Å². The summed E-state index contributed by atoms with van der Waals surface area (Å²) in [6.07, 6.45) is 1.08. The topological polar surface area (TPSA) is 72.5 Å². The molecule has 0 bridgehead atoms. The van der Waals surface area contributed by atoms with E-state index in [1.54, 1.807) is 37.3 Å². The largest absolute Gasteiger partial charge is 0.465 e. The standard InChI is InChI=1S/C15H17NO4/c1-3-13(17)16-10-12(15(19)20-4-2)14(18)11-8-6-5-7-9-11/h3,5-9,12H,1,4,10H2,2H3,(H,16,17). The molecule has 0 aliphatic heterocycles. The second-order valence-corrected chi connectivity index (χ2v) is 3.98. The van der Waals surface area contributed by atoms with Crippen LogP contribution in [0.15, 0.2) is 43.0 Å². The summed E-state index contributed by atoms with van der Waals surface area (Å²) in [5.74, 6) is -2.53. The molecule has 0 aromatic heterocycles. The molecule has 1 rings (SSSR count). The number of esters is 1. The third-order valence-corrected chi connectivity index (χ3v) is 2.61. The fraction of sp³-hybridized carbons (Fsp3) is 0.267. The van der Waals surface area contributed by atoms with E-state index in [9.17, 15) is 14.4 Å². The lowest BCUT2D eigenvalue weighted by Crippen LogP contribution is -2.37. The first-order chi connectivity index (χ1) is 9.60. The van der Waals surface area contributed by atoms with Crippen LogP contribution in [0.5, 0.6) is 0 Å². The zero-order valence-electron chi connectivity index (χ0n) is 11.3. The first-order valence-electron chi connectivity index (χ1n) is 6.26. The van der Waals surface area contributed by atoms with Crippen molar-refractivity contribution >= 4 is 17.7 Å². The minimum absolute atomic E-state index is 0.114. The third kappa shape index (κ3) is 4.35. The summed E-state index contributed by atoms with van der Waals surface area (Å²) in [7, 11) is 0. The summed E-state index contributed by atoms with van der Waals surface area (Å²) < 4.78 is 4.88. The number of carbonyl (C=O) groups excluding carboxylic acids is 3. The Balaban J connectivity index is 2.86. The highest BCUT2D eigenvalue weighted by atomic mass is 16.5. The van der Waals surface area contributed by atoms with E-state index in [-0.39, 0.29) is 18.9 Å². The molecule has 106 valence electrons. The van der Waals surface area contributed by atoms with Gasteiger partial charge in [-0.2, -0.15) is 0 Å². The molecule has 20 heavy (non-hydrogen) atoms. The fourth-order valence-corrected chi connectivity index (χ4v) is 1.60. The fourth-order valence-electron chi connectivity index (χ4n) is 1.60. The van der Waals surface area contributed by atoms with Gasteiger partial charge in [0.1, 0.15) is 5.92 Å². The SMILES string of the molecule is C=CC(=O)NCC(C(=O)OCC)C(=O)c1ccccc1. The van der Waals surface area contributed by atoms with Crippen LogP contribution in [0.1, 0.15) is 17.3 Å². The van der Waals surface area contributed by atoms with Gasteiger partial charge in [-0.15, -0.1) is 0 Å². The monoisotopic (exact) mass is 275 g/mol. The van der Waals surface area contributed by atoms with Gasteiger partial charge < -0.3 is 10.1 Å². The van der Waals surface area contributed by atoms with Gasteiger partial charge in [-0.1, -0.05) is 36.9 Å². The zero-order chi connectivity index (χ0) is 15.0. The lowest BCUT2D eigenvalue weighted by molar-refractivity contribution is -0.146. The van der Waals surface area contributed by atoms with Crippen LogP contribution in [0.2, 0.25) is 0 Å². The number of ketones is 1. The predicted octanol–water partition coefficient (Wildman–Crippen LogP) is 1.35. The van der Waals surface area contributed by atoms with Crippen LogP contribution in [-0.2, 0) is 14.3 Å². The number of nitrogens with one attached hydrogen (secondary N) is 1. The minimum atomic E-state index is -1.05. The summed E-state index contributed by atoms with van der Waals surface area (Å²) in [6, 6.07) is 8.42. The van der Waals surface area contributed by atoms with Crippen LogP contribution < -0.4 is 5.32 Å². The Bertz CT molecular complexity index is 496. The van der Waals surface area contributed by atoms with E-state index in [0.717, 1.165) is 6.08 Å². The van der Waals surface area contributed by atoms with Crippen LogP contribution in [-0.4, -0.2) is 30.8 Å². The van der Waals surface area contributed by atoms with E-state index in [2.05, 4.69) is 11.9 Å². The highest BCUT2D eigenvalue weighted by Crippen LogP contribution is 2.10. The molecule has 1 amide bonds. The molecule has 0 radical (unpaired) electrons. The van der Waals surface area contributed by atoms with E-state index < -0.39 is 17.8 Å². The molecule has 0 spiro atoms. The molecular weight excluding hydrogens is 258 g/mol. The van der Waals surface area contributed by atoms with Gasteiger partial charge in [-0.25, -0.2) is 0 Å². The molecule has 0 saturated carbocycles. The Morgan fingerprint density at radius 2 is 1.95 bits per heavy atom. The average molecular weight is 275 g/mol. The Kier molecular flexibility index (Phi) is 6.16. The number of benzene rings is 1. The van der Waals surface area contributed by atoms with Gasteiger partial charge in [0.15, 0.2) is 5.78 Å². The molecule has 0 aliphatic rings. The Morgan fingerprint density at radius 1 is 1.30 bits per heavy atom. The highest BCUT2D eigenvalue weighted by Gasteiger charge is 2.29. The minimum Gasteiger partial charge on any atom is -0.465 e. The molecule has 0 saturated heterocycles. The van der Waals surface area contributed by atoms with Gasteiger partial charge >= 0.3 is 5.97 Å². The molecule has 5 heteroatoms. The van der Waals surface area contributed by atoms with Crippen LogP contribution >= 0.6 is 0 Å². The number of rotatable bonds is 7. The van der Waals surface area contributed by atoms with E-state index >= 15 is 0 Å². The maximum Gasteiger partial charge on any atom is 0.318 e. The Morgan fingerprint density at radius 3 is 2.50 bits per heavy atom. The number of hydrogen-bond donors (Lipinski definition) is 1. The summed E-state index contributed by atoms with van der Waals surface area (Å²) >= 11 is 0. The summed E-state index contributed by atoms with van der Waals surface area (Å²) in [4.78, 5) is 35.3. The van der Waals surface area contributed by atoms with Crippen molar-refractivity contribution in [3.05, 3.63) is 48.6 Å². The molecule has 0 fully saturated rings. The van der Waals surface area contributed by atoms with Crippen molar-refractivity contribution in [2.75, 3.05) is 13.2 Å². The maximum absolute atomic E-state index is 12.3. The molecular formula is C15H17NO4. The zero-order valence-corrected chi connectivity index (χ0v) is 11.3. The molecule has 1 N–H and O–H groups in total. The van der Waals surface area contributed by atoms with E-state index in [0.29, 0.717) is 5.56 Å². The Hall–Kier alpha value is -2.43. The summed E-state index contributed by atoms with van der Waals surface area (Å²) in [5, 5.41) is 2.44. The van der Waals surface area contributed by atoms with Crippen molar-refractivity contribution in [1.82, 2.24) is 5.32 Å². The number of carbonyl (C=O) groups is 3. The molecule has 0 aliphatic carbocycles. The van der Waals surface area contributed by atoms with Crippen LogP contribution in [0.25, 0.3) is 0 Å². The second kappa shape index (κ2) is 7.89. The molecule has 1 aromatic rings. The molecule has 1 atom stereocenters. The third-order valence-electron chi connectivity index (χ3n) is 2.61. The van der Waals surface area contributed by atoms with E-state index in [1.807, 2.05) is 0 Å². The molecule has 1 unspecified atom stereocenters. The van der Waals surface area contributed by atoms with Crippen molar-refractivity contribution in [2.24, 2.45) is 5.92 Å². The van der Waals surface area contributed by atoms with Gasteiger partial charge in [0.2, 0.25) is 5.91 Å². The normalized spacial score (nSPS) is 11.2. The van der Waals surface area contributed by atoms with Crippen molar-refractivity contribution in [3.8, 4) is 0 Å². The van der Waals surface area contributed by atoms with Crippen molar-refractivity contribution in [2.45, 2.75) is 6.92 Å². The lowest BCUT2D eigenvalue weighted by Gasteiger charge is -2.14. The number of ether oxygens (including phenoxy) is 1. The van der Waals surface area contributed by atoms with Crippen molar-refractivity contribution in [3.63, 3.8) is 0 Å². The van der Waals surface area contributed by atoms with Gasteiger partial charge in [0.05, 0.1) is 6.61 Å². The molecule has 1 aromatic carbocycles. The summed E-state index contributed by atoms with van der Waals surface area (Å²) in [6.45, 7) is 5.03.